The lowest BCUT2D eigenvalue weighted by Gasteiger charge is -2.00. The van der Waals surface area contributed by atoms with Gasteiger partial charge in [-0.25, -0.2) is 14.6 Å². The van der Waals surface area contributed by atoms with Crippen LogP contribution in [-0.4, -0.2) is 19.7 Å². The van der Waals surface area contributed by atoms with E-state index < -0.39 is 0 Å². The first-order valence-corrected chi connectivity index (χ1v) is 7.72. The van der Waals surface area contributed by atoms with Gasteiger partial charge in [0.05, 0.1) is 16.0 Å². The van der Waals surface area contributed by atoms with Crippen LogP contribution in [0.2, 0.25) is 0 Å². The van der Waals surface area contributed by atoms with Crippen LogP contribution in [0.5, 0.6) is 0 Å². The third kappa shape index (κ3) is 2.57. The minimum atomic E-state index is 0.776. The molecule has 0 bridgehead atoms. The van der Waals surface area contributed by atoms with Gasteiger partial charge in [0.15, 0.2) is 4.34 Å². The zero-order valence-electron chi connectivity index (χ0n) is 10.4. The summed E-state index contributed by atoms with van der Waals surface area (Å²) < 4.78 is 4.06. The van der Waals surface area contributed by atoms with Crippen molar-refractivity contribution in [3.63, 3.8) is 0 Å². The van der Waals surface area contributed by atoms with Crippen LogP contribution in [-0.2, 0) is 12.3 Å². The summed E-state index contributed by atoms with van der Waals surface area (Å²) in [7, 11) is 0. The normalized spacial score (nSPS) is 11.2. The number of benzene rings is 1. The Balaban J connectivity index is 1.78. The highest BCUT2D eigenvalue weighted by Crippen LogP contribution is 2.32. The van der Waals surface area contributed by atoms with E-state index in [9.17, 15) is 0 Å². The smallest absolute Gasteiger partial charge is 0.151 e. The predicted octanol–water partition coefficient (Wildman–Crippen LogP) is 2.78. The summed E-state index contributed by atoms with van der Waals surface area (Å²) >= 11 is 3.34. The van der Waals surface area contributed by atoms with Crippen molar-refractivity contribution in [3.8, 4) is 0 Å². The largest absolute Gasteiger partial charge is 0.399 e. The standard InChI is InChI=1S/C12H13N5S2/c1-2-17-11(14-7-15-17)6-18-12-16-9-4-3-8(13)5-10(9)19-12/h3-5,7H,2,6,13H2,1H3. The average Bonchev–Trinajstić information content (AvgIpc) is 3.01. The molecule has 19 heavy (non-hydrogen) atoms. The second-order valence-corrected chi connectivity index (χ2v) is 6.24. The summed E-state index contributed by atoms with van der Waals surface area (Å²) in [5, 5.41) is 4.16. The lowest BCUT2D eigenvalue weighted by atomic mass is 10.3. The van der Waals surface area contributed by atoms with Gasteiger partial charge in [0.2, 0.25) is 0 Å². The lowest BCUT2D eigenvalue weighted by molar-refractivity contribution is 0.632. The fraction of sp³-hybridized carbons (Fsp3) is 0.250. The predicted molar refractivity (Wildman–Crippen MR) is 79.3 cm³/mol. The number of nitrogen functional groups attached to an aromatic ring is 1. The second-order valence-electron chi connectivity index (χ2n) is 3.99. The minimum absolute atomic E-state index is 0.776. The van der Waals surface area contributed by atoms with Crippen LogP contribution < -0.4 is 5.73 Å². The van der Waals surface area contributed by atoms with Gasteiger partial charge in [-0.15, -0.1) is 11.3 Å². The van der Waals surface area contributed by atoms with Crippen LogP contribution in [0.3, 0.4) is 0 Å². The molecule has 0 aliphatic rings. The minimum Gasteiger partial charge on any atom is -0.399 e. The van der Waals surface area contributed by atoms with E-state index in [0.717, 1.165) is 38.4 Å². The molecule has 7 heteroatoms. The summed E-state index contributed by atoms with van der Waals surface area (Å²) in [6.07, 6.45) is 1.60. The zero-order valence-corrected chi connectivity index (χ0v) is 12.0. The number of hydrogen-bond donors (Lipinski definition) is 1. The molecule has 0 unspecified atom stereocenters. The SMILES string of the molecule is CCn1ncnc1CSc1nc2ccc(N)cc2s1. The molecule has 3 rings (SSSR count). The monoisotopic (exact) mass is 291 g/mol. The number of thioether (sulfide) groups is 1. The summed E-state index contributed by atoms with van der Waals surface area (Å²) in [6.45, 7) is 2.90. The first-order valence-electron chi connectivity index (χ1n) is 5.92. The van der Waals surface area contributed by atoms with E-state index in [1.165, 1.54) is 0 Å². The van der Waals surface area contributed by atoms with Crippen molar-refractivity contribution in [2.45, 2.75) is 23.6 Å². The molecule has 0 radical (unpaired) electrons. The summed E-state index contributed by atoms with van der Waals surface area (Å²) in [5.74, 6) is 1.76. The number of thiazole rings is 1. The van der Waals surface area contributed by atoms with Gasteiger partial charge in [0.1, 0.15) is 12.2 Å². The molecule has 98 valence electrons. The van der Waals surface area contributed by atoms with Gasteiger partial charge >= 0.3 is 0 Å². The third-order valence-electron chi connectivity index (χ3n) is 2.71. The fourth-order valence-electron chi connectivity index (χ4n) is 1.77. The van der Waals surface area contributed by atoms with E-state index in [1.807, 2.05) is 22.9 Å². The van der Waals surface area contributed by atoms with Gasteiger partial charge in [-0.1, -0.05) is 11.8 Å². The van der Waals surface area contributed by atoms with Gasteiger partial charge in [-0.3, -0.25) is 0 Å². The maximum Gasteiger partial charge on any atom is 0.151 e. The molecule has 0 aliphatic heterocycles. The number of anilines is 1. The highest BCUT2D eigenvalue weighted by Gasteiger charge is 2.08. The van der Waals surface area contributed by atoms with E-state index >= 15 is 0 Å². The van der Waals surface area contributed by atoms with Crippen molar-refractivity contribution < 1.29 is 0 Å². The molecule has 0 aliphatic carbocycles. The molecular formula is C12H13N5S2. The number of aryl methyl sites for hydroxylation is 1. The molecule has 0 fully saturated rings. The summed E-state index contributed by atoms with van der Waals surface area (Å²) in [5.41, 5.74) is 7.55. The van der Waals surface area contributed by atoms with Crippen molar-refractivity contribution in [2.24, 2.45) is 0 Å². The van der Waals surface area contributed by atoms with Gasteiger partial charge in [-0.05, 0) is 25.1 Å². The Bertz CT molecular complexity index is 703. The van der Waals surface area contributed by atoms with E-state index in [4.69, 9.17) is 5.73 Å². The molecule has 0 amide bonds. The molecule has 2 heterocycles. The van der Waals surface area contributed by atoms with Crippen molar-refractivity contribution in [3.05, 3.63) is 30.4 Å². The van der Waals surface area contributed by atoms with Gasteiger partial charge in [0.25, 0.3) is 0 Å². The van der Waals surface area contributed by atoms with E-state index in [2.05, 4.69) is 22.0 Å². The Labute approximate surface area is 118 Å². The molecule has 0 spiro atoms. The Morgan fingerprint density at radius 1 is 1.42 bits per heavy atom. The van der Waals surface area contributed by atoms with Crippen LogP contribution in [0.1, 0.15) is 12.7 Å². The van der Waals surface area contributed by atoms with E-state index in [1.54, 1.807) is 29.4 Å². The molecule has 0 saturated carbocycles. The van der Waals surface area contributed by atoms with E-state index in [0.29, 0.717) is 0 Å². The number of rotatable bonds is 4. The maximum absolute atomic E-state index is 5.77. The molecule has 0 atom stereocenters. The van der Waals surface area contributed by atoms with Crippen molar-refractivity contribution in [1.82, 2.24) is 19.7 Å². The average molecular weight is 291 g/mol. The first kappa shape index (κ1) is 12.4. The van der Waals surface area contributed by atoms with Crippen molar-refractivity contribution >= 4 is 39.0 Å². The fourth-order valence-corrected chi connectivity index (χ4v) is 3.84. The molecule has 2 aromatic heterocycles. The van der Waals surface area contributed by atoms with Gasteiger partial charge in [-0.2, -0.15) is 5.10 Å². The van der Waals surface area contributed by atoms with Crippen molar-refractivity contribution in [2.75, 3.05) is 5.73 Å². The Hall–Kier alpha value is -1.60. The van der Waals surface area contributed by atoms with Gasteiger partial charge in [0, 0.05) is 12.2 Å². The quantitative estimate of drug-likeness (QED) is 0.591. The first-order chi connectivity index (χ1) is 9.26. The Kier molecular flexibility index (Phi) is 3.39. The third-order valence-corrected chi connectivity index (χ3v) is 4.87. The highest BCUT2D eigenvalue weighted by atomic mass is 32.2. The molecule has 2 N–H and O–H groups in total. The number of hydrogen-bond acceptors (Lipinski definition) is 6. The lowest BCUT2D eigenvalue weighted by Crippen LogP contribution is -2.01. The topological polar surface area (TPSA) is 69.6 Å². The Morgan fingerprint density at radius 2 is 2.32 bits per heavy atom. The highest BCUT2D eigenvalue weighted by molar-refractivity contribution is 8.00. The Morgan fingerprint density at radius 3 is 3.16 bits per heavy atom. The van der Waals surface area contributed by atoms with Crippen LogP contribution >= 0.6 is 23.1 Å². The second kappa shape index (κ2) is 5.18. The van der Waals surface area contributed by atoms with E-state index in [-0.39, 0.29) is 0 Å². The van der Waals surface area contributed by atoms with Gasteiger partial charge < -0.3 is 5.73 Å². The molecule has 1 aromatic carbocycles. The van der Waals surface area contributed by atoms with Crippen LogP contribution in [0, 0.1) is 0 Å². The van der Waals surface area contributed by atoms with Crippen LogP contribution in [0.25, 0.3) is 10.2 Å². The zero-order chi connectivity index (χ0) is 13.2. The molecular weight excluding hydrogens is 278 g/mol. The number of nitrogens with zero attached hydrogens (tertiary/aromatic N) is 4. The number of fused-ring (bicyclic) bond motifs is 1. The maximum atomic E-state index is 5.77. The summed E-state index contributed by atoms with van der Waals surface area (Å²) in [4.78, 5) is 8.84. The molecule has 0 saturated heterocycles. The molecule has 3 aromatic rings. The van der Waals surface area contributed by atoms with Crippen LogP contribution in [0.4, 0.5) is 5.69 Å². The van der Waals surface area contributed by atoms with Crippen LogP contribution in [0.15, 0.2) is 28.9 Å². The van der Waals surface area contributed by atoms with Crippen molar-refractivity contribution in [1.29, 1.82) is 0 Å². The summed E-state index contributed by atoms with van der Waals surface area (Å²) in [6, 6.07) is 5.80. The number of nitrogens with two attached hydrogens (primary N) is 1. The molecule has 5 nitrogen and oxygen atoms in total. The number of aromatic nitrogens is 4.